The topological polar surface area (TPSA) is 91.4 Å². The zero-order chi connectivity index (χ0) is 20.8. The van der Waals surface area contributed by atoms with Crippen molar-refractivity contribution < 1.29 is 14.4 Å². The molecule has 29 heavy (non-hydrogen) atoms. The highest BCUT2D eigenvalue weighted by Gasteiger charge is 2.27. The highest BCUT2D eigenvalue weighted by molar-refractivity contribution is 6.30. The van der Waals surface area contributed by atoms with E-state index < -0.39 is 0 Å². The summed E-state index contributed by atoms with van der Waals surface area (Å²) in [6.45, 7) is 2.93. The Morgan fingerprint density at radius 1 is 1.21 bits per heavy atom. The summed E-state index contributed by atoms with van der Waals surface area (Å²) in [5, 5.41) is 6.13. The second kappa shape index (κ2) is 9.62. The summed E-state index contributed by atoms with van der Waals surface area (Å²) >= 11 is 5.81. The van der Waals surface area contributed by atoms with Gasteiger partial charge in [0.2, 0.25) is 11.8 Å². The number of piperidine rings is 1. The van der Waals surface area contributed by atoms with E-state index in [9.17, 15) is 14.4 Å². The number of ketones is 1. The van der Waals surface area contributed by atoms with Gasteiger partial charge in [0.1, 0.15) is 5.82 Å². The van der Waals surface area contributed by atoms with Crippen LogP contribution >= 0.6 is 11.6 Å². The van der Waals surface area contributed by atoms with E-state index in [2.05, 4.69) is 15.6 Å². The van der Waals surface area contributed by atoms with Gasteiger partial charge in [-0.05, 0) is 50.6 Å². The number of hydrogen-bond acceptors (Lipinski definition) is 5. The van der Waals surface area contributed by atoms with Crippen LogP contribution in [0.15, 0.2) is 42.6 Å². The molecule has 0 bridgehead atoms. The van der Waals surface area contributed by atoms with Crippen LogP contribution in [0.5, 0.6) is 0 Å². The highest BCUT2D eigenvalue weighted by Crippen LogP contribution is 2.19. The van der Waals surface area contributed by atoms with Gasteiger partial charge in [-0.15, -0.1) is 0 Å². The molecule has 1 atom stereocenters. The van der Waals surface area contributed by atoms with Crippen molar-refractivity contribution in [2.24, 2.45) is 5.92 Å². The average molecular weight is 415 g/mol. The van der Waals surface area contributed by atoms with Gasteiger partial charge in [0.15, 0.2) is 5.78 Å². The first kappa shape index (κ1) is 21.0. The predicted octanol–water partition coefficient (Wildman–Crippen LogP) is 3.23. The highest BCUT2D eigenvalue weighted by atomic mass is 35.5. The van der Waals surface area contributed by atoms with Gasteiger partial charge < -0.3 is 10.6 Å². The van der Waals surface area contributed by atoms with E-state index in [0.717, 1.165) is 19.4 Å². The van der Waals surface area contributed by atoms with Crippen LogP contribution in [0.3, 0.4) is 0 Å². The number of nitrogens with zero attached hydrogens (tertiary/aromatic N) is 2. The number of halogens is 1. The van der Waals surface area contributed by atoms with E-state index in [0.29, 0.717) is 28.6 Å². The summed E-state index contributed by atoms with van der Waals surface area (Å²) in [5.74, 6) is -0.0962. The number of rotatable bonds is 6. The number of pyridine rings is 1. The first-order chi connectivity index (χ1) is 13.9. The van der Waals surface area contributed by atoms with Gasteiger partial charge in [0, 0.05) is 24.0 Å². The Morgan fingerprint density at radius 2 is 2.03 bits per heavy atom. The minimum atomic E-state index is -0.213. The molecule has 1 aliphatic heterocycles. The number of aromatic nitrogens is 1. The molecule has 152 valence electrons. The van der Waals surface area contributed by atoms with E-state index >= 15 is 0 Å². The zero-order valence-corrected chi connectivity index (χ0v) is 16.9. The number of carbonyl (C=O) groups is 3. The van der Waals surface area contributed by atoms with Gasteiger partial charge in [-0.25, -0.2) is 4.98 Å². The van der Waals surface area contributed by atoms with Crippen molar-refractivity contribution in [2.45, 2.75) is 19.8 Å². The fourth-order valence-corrected chi connectivity index (χ4v) is 3.42. The van der Waals surface area contributed by atoms with Crippen LogP contribution in [0.4, 0.5) is 11.5 Å². The van der Waals surface area contributed by atoms with Crippen LogP contribution < -0.4 is 10.6 Å². The zero-order valence-electron chi connectivity index (χ0n) is 16.2. The third kappa shape index (κ3) is 6.10. The van der Waals surface area contributed by atoms with Crippen molar-refractivity contribution >= 4 is 40.7 Å². The molecule has 0 radical (unpaired) electrons. The molecule has 1 aromatic carbocycles. The van der Waals surface area contributed by atoms with Crippen molar-refractivity contribution in [3.8, 4) is 0 Å². The molecule has 7 nitrogen and oxygen atoms in total. The summed E-state index contributed by atoms with van der Waals surface area (Å²) in [6, 6.07) is 10.2. The molecule has 2 amide bonds. The maximum absolute atomic E-state index is 12.5. The summed E-state index contributed by atoms with van der Waals surface area (Å²) in [6.07, 6.45) is 3.08. The Bertz CT molecular complexity index is 901. The number of hydrogen-bond donors (Lipinski definition) is 2. The fraction of sp³-hybridized carbons (Fsp3) is 0.333. The Balaban J connectivity index is 1.53. The maximum Gasteiger partial charge on any atom is 0.238 e. The number of benzene rings is 1. The van der Waals surface area contributed by atoms with E-state index in [1.54, 1.807) is 36.4 Å². The Hall–Kier alpha value is -2.77. The largest absolute Gasteiger partial charge is 0.325 e. The van der Waals surface area contributed by atoms with E-state index in [1.807, 2.05) is 4.90 Å². The molecule has 8 heteroatoms. The van der Waals surface area contributed by atoms with Gasteiger partial charge in [-0.3, -0.25) is 19.3 Å². The van der Waals surface area contributed by atoms with Crippen LogP contribution in [0.2, 0.25) is 5.02 Å². The summed E-state index contributed by atoms with van der Waals surface area (Å²) in [4.78, 5) is 42.5. The molecule has 1 saturated heterocycles. The Morgan fingerprint density at radius 3 is 2.76 bits per heavy atom. The van der Waals surface area contributed by atoms with E-state index in [-0.39, 0.29) is 30.1 Å². The standard InChI is InChI=1S/C21H23ClN4O3/c1-14(27)15-4-2-6-18(10-15)24-20(28)13-26-9-3-5-16(12-26)21(29)25-19-8-7-17(22)11-23-19/h2,4,6-8,10-11,16H,3,5,9,12-13H2,1H3,(H,24,28)(H,23,25,29). The van der Waals surface area contributed by atoms with Crippen molar-refractivity contribution in [1.29, 1.82) is 0 Å². The van der Waals surface area contributed by atoms with E-state index in [1.165, 1.54) is 13.1 Å². The first-order valence-electron chi connectivity index (χ1n) is 9.46. The van der Waals surface area contributed by atoms with Gasteiger partial charge >= 0.3 is 0 Å². The normalized spacial score (nSPS) is 16.8. The number of likely N-dealkylation sites (tertiary alicyclic amines) is 1. The third-order valence-corrected chi connectivity index (χ3v) is 5.00. The molecular formula is C21H23ClN4O3. The molecule has 1 aliphatic rings. The van der Waals surface area contributed by atoms with Gasteiger partial charge in [-0.1, -0.05) is 23.7 Å². The first-order valence-corrected chi connectivity index (χ1v) is 9.84. The van der Waals surface area contributed by atoms with Crippen molar-refractivity contribution in [2.75, 3.05) is 30.3 Å². The smallest absolute Gasteiger partial charge is 0.238 e. The lowest BCUT2D eigenvalue weighted by molar-refractivity contribution is -0.123. The second-order valence-corrected chi connectivity index (χ2v) is 7.55. The maximum atomic E-state index is 12.5. The van der Waals surface area contributed by atoms with Gasteiger partial charge in [-0.2, -0.15) is 0 Å². The second-order valence-electron chi connectivity index (χ2n) is 7.11. The number of amides is 2. The summed E-state index contributed by atoms with van der Waals surface area (Å²) in [5.41, 5.74) is 1.14. The molecule has 1 fully saturated rings. The Labute approximate surface area is 174 Å². The molecule has 2 heterocycles. The average Bonchev–Trinajstić information content (AvgIpc) is 2.70. The van der Waals surface area contributed by atoms with Gasteiger partial charge in [0.05, 0.1) is 17.5 Å². The Kier molecular flexibility index (Phi) is 6.95. The number of Topliss-reactive ketones (excluding diaryl/α,β-unsaturated/α-hetero) is 1. The number of anilines is 2. The molecule has 0 saturated carbocycles. The molecule has 0 aliphatic carbocycles. The third-order valence-electron chi connectivity index (χ3n) is 4.78. The fourth-order valence-electron chi connectivity index (χ4n) is 3.31. The van der Waals surface area contributed by atoms with Gasteiger partial charge in [0.25, 0.3) is 0 Å². The molecule has 0 spiro atoms. The van der Waals surface area contributed by atoms with E-state index in [4.69, 9.17) is 11.6 Å². The van der Waals surface area contributed by atoms with Crippen LogP contribution in [0.1, 0.15) is 30.1 Å². The van der Waals surface area contributed by atoms with Crippen LogP contribution in [-0.4, -0.2) is 47.1 Å². The minimum absolute atomic E-state index is 0.0545. The lowest BCUT2D eigenvalue weighted by Crippen LogP contribution is -2.44. The quantitative estimate of drug-likeness (QED) is 0.708. The monoisotopic (exact) mass is 414 g/mol. The van der Waals surface area contributed by atoms with Crippen molar-refractivity contribution in [3.63, 3.8) is 0 Å². The van der Waals surface area contributed by atoms with Crippen LogP contribution in [0.25, 0.3) is 0 Å². The lowest BCUT2D eigenvalue weighted by atomic mass is 9.97. The van der Waals surface area contributed by atoms with Crippen LogP contribution in [0, 0.1) is 5.92 Å². The molecule has 1 unspecified atom stereocenters. The van der Waals surface area contributed by atoms with Crippen molar-refractivity contribution in [1.82, 2.24) is 9.88 Å². The summed E-state index contributed by atoms with van der Waals surface area (Å²) in [7, 11) is 0. The molecule has 3 rings (SSSR count). The molecular weight excluding hydrogens is 392 g/mol. The summed E-state index contributed by atoms with van der Waals surface area (Å²) < 4.78 is 0. The van der Waals surface area contributed by atoms with Crippen molar-refractivity contribution in [3.05, 3.63) is 53.2 Å². The number of carbonyl (C=O) groups excluding carboxylic acids is 3. The predicted molar refractivity (Wildman–Crippen MR) is 112 cm³/mol. The number of nitrogens with one attached hydrogen (secondary N) is 2. The molecule has 2 aromatic rings. The molecule has 1 aromatic heterocycles. The van der Waals surface area contributed by atoms with Crippen LogP contribution in [-0.2, 0) is 9.59 Å². The SMILES string of the molecule is CC(=O)c1cccc(NC(=O)CN2CCCC(C(=O)Nc3ccc(Cl)cn3)C2)c1. The molecule has 2 N–H and O–H groups in total. The lowest BCUT2D eigenvalue weighted by Gasteiger charge is -2.31. The minimum Gasteiger partial charge on any atom is -0.325 e.